The summed E-state index contributed by atoms with van der Waals surface area (Å²) < 4.78 is 6.64. The van der Waals surface area contributed by atoms with Gasteiger partial charge in [-0.3, -0.25) is 4.98 Å². The quantitative estimate of drug-likeness (QED) is 0.819. The zero-order valence-corrected chi connectivity index (χ0v) is 10.8. The fourth-order valence-electron chi connectivity index (χ4n) is 1.56. The molecule has 2 rings (SSSR count). The van der Waals surface area contributed by atoms with E-state index >= 15 is 0 Å². The summed E-state index contributed by atoms with van der Waals surface area (Å²) in [5, 5.41) is 0. The number of rotatable bonds is 2. The van der Waals surface area contributed by atoms with Gasteiger partial charge in [0.1, 0.15) is 11.5 Å². The van der Waals surface area contributed by atoms with Crippen molar-refractivity contribution in [1.82, 2.24) is 4.98 Å². The first-order valence-electron chi connectivity index (χ1n) is 5.01. The Balaban J connectivity index is 2.30. The predicted octanol–water partition coefficient (Wildman–Crippen LogP) is 4.25. The number of hydrogen-bond acceptors (Lipinski definition) is 2. The summed E-state index contributed by atoms with van der Waals surface area (Å²) in [5.41, 5.74) is 2.39. The van der Waals surface area contributed by atoms with Crippen molar-refractivity contribution in [1.29, 1.82) is 0 Å². The van der Waals surface area contributed by atoms with Gasteiger partial charge in [0.2, 0.25) is 0 Å². The lowest BCUT2D eigenvalue weighted by Crippen LogP contribution is -1.88. The molecule has 2 nitrogen and oxygen atoms in total. The highest BCUT2D eigenvalue weighted by Gasteiger charge is 2.02. The van der Waals surface area contributed by atoms with E-state index in [1.54, 1.807) is 12.4 Å². The molecule has 82 valence electrons. The van der Waals surface area contributed by atoms with Crippen LogP contribution >= 0.6 is 15.9 Å². The van der Waals surface area contributed by atoms with Crippen LogP contribution in [0.4, 0.5) is 0 Å². The number of nitrogens with zero attached hydrogens (tertiary/aromatic N) is 1. The van der Waals surface area contributed by atoms with E-state index in [2.05, 4.69) is 40.8 Å². The van der Waals surface area contributed by atoms with Gasteiger partial charge >= 0.3 is 0 Å². The van der Waals surface area contributed by atoms with E-state index in [-0.39, 0.29) is 0 Å². The van der Waals surface area contributed by atoms with Gasteiger partial charge in [-0.1, -0.05) is 6.07 Å². The van der Waals surface area contributed by atoms with Crippen LogP contribution in [0.25, 0.3) is 0 Å². The molecule has 0 saturated carbocycles. The molecule has 0 aliphatic carbocycles. The summed E-state index contributed by atoms with van der Waals surface area (Å²) in [6, 6.07) is 7.98. The van der Waals surface area contributed by atoms with Crippen LogP contribution in [0.1, 0.15) is 11.1 Å². The first-order chi connectivity index (χ1) is 7.65. The normalized spacial score (nSPS) is 10.2. The Morgan fingerprint density at radius 3 is 2.44 bits per heavy atom. The van der Waals surface area contributed by atoms with E-state index in [0.717, 1.165) is 16.0 Å². The van der Waals surface area contributed by atoms with Gasteiger partial charge in [0.25, 0.3) is 0 Å². The molecule has 0 aliphatic rings. The lowest BCUT2D eigenvalue weighted by Gasteiger charge is -2.08. The summed E-state index contributed by atoms with van der Waals surface area (Å²) in [6.45, 7) is 4.11. The van der Waals surface area contributed by atoms with Crippen LogP contribution in [-0.2, 0) is 0 Å². The van der Waals surface area contributed by atoms with Crippen LogP contribution in [0.3, 0.4) is 0 Å². The van der Waals surface area contributed by atoms with E-state index < -0.39 is 0 Å². The smallest absolute Gasteiger partial charge is 0.144 e. The molecule has 1 aromatic heterocycles. The maximum Gasteiger partial charge on any atom is 0.144 e. The highest BCUT2D eigenvalue weighted by atomic mass is 79.9. The van der Waals surface area contributed by atoms with E-state index in [0.29, 0.717) is 0 Å². The lowest BCUT2D eigenvalue weighted by atomic mass is 10.1. The van der Waals surface area contributed by atoms with Gasteiger partial charge < -0.3 is 4.74 Å². The molecular weight excluding hydrogens is 266 g/mol. The minimum absolute atomic E-state index is 0.778. The number of halogens is 1. The van der Waals surface area contributed by atoms with Crippen molar-refractivity contribution in [3.63, 3.8) is 0 Å². The second-order valence-corrected chi connectivity index (χ2v) is 4.59. The largest absolute Gasteiger partial charge is 0.456 e. The van der Waals surface area contributed by atoms with Crippen molar-refractivity contribution in [3.8, 4) is 11.5 Å². The highest BCUT2D eigenvalue weighted by Crippen LogP contribution is 2.29. The summed E-state index contributed by atoms with van der Waals surface area (Å²) >= 11 is 3.40. The van der Waals surface area contributed by atoms with Crippen molar-refractivity contribution in [2.24, 2.45) is 0 Å². The molecule has 0 saturated heterocycles. The number of pyridine rings is 1. The Bertz CT molecular complexity index is 491. The molecule has 0 fully saturated rings. The summed E-state index contributed by atoms with van der Waals surface area (Å²) in [7, 11) is 0. The number of ether oxygens (including phenoxy) is 1. The third kappa shape index (κ3) is 2.61. The van der Waals surface area contributed by atoms with Crippen molar-refractivity contribution in [2.45, 2.75) is 13.8 Å². The molecule has 0 bridgehead atoms. The number of benzene rings is 1. The van der Waals surface area contributed by atoms with Crippen LogP contribution in [0.2, 0.25) is 0 Å². The lowest BCUT2D eigenvalue weighted by molar-refractivity contribution is 0.478. The Morgan fingerprint density at radius 2 is 1.81 bits per heavy atom. The summed E-state index contributed by atoms with van der Waals surface area (Å²) in [4.78, 5) is 3.99. The first kappa shape index (κ1) is 11.1. The summed E-state index contributed by atoms with van der Waals surface area (Å²) in [6.07, 6.45) is 3.43. The SMILES string of the molecule is Cc1cc(C)cc(Oc2ccncc2Br)c1. The Morgan fingerprint density at radius 1 is 1.12 bits per heavy atom. The fourth-order valence-corrected chi connectivity index (χ4v) is 1.90. The number of hydrogen-bond donors (Lipinski definition) is 0. The predicted molar refractivity (Wildman–Crippen MR) is 67.9 cm³/mol. The third-order valence-electron chi connectivity index (χ3n) is 2.16. The number of aromatic nitrogens is 1. The average Bonchev–Trinajstić information content (AvgIpc) is 2.20. The van der Waals surface area contributed by atoms with Crippen LogP contribution < -0.4 is 4.74 Å². The van der Waals surface area contributed by atoms with Crippen LogP contribution in [-0.4, -0.2) is 4.98 Å². The van der Waals surface area contributed by atoms with E-state index in [4.69, 9.17) is 4.74 Å². The minimum Gasteiger partial charge on any atom is -0.456 e. The van der Waals surface area contributed by atoms with Gasteiger partial charge in [-0.25, -0.2) is 0 Å². The molecule has 1 heterocycles. The van der Waals surface area contributed by atoms with E-state index in [1.165, 1.54) is 11.1 Å². The fraction of sp³-hybridized carbons (Fsp3) is 0.154. The molecule has 2 aromatic rings. The molecule has 0 radical (unpaired) electrons. The van der Waals surface area contributed by atoms with Crippen LogP contribution in [0.5, 0.6) is 11.5 Å². The van der Waals surface area contributed by atoms with Crippen LogP contribution in [0, 0.1) is 13.8 Å². The molecule has 3 heteroatoms. The molecule has 0 amide bonds. The second kappa shape index (κ2) is 4.66. The van der Waals surface area contributed by atoms with Crippen LogP contribution in [0.15, 0.2) is 41.1 Å². The molecule has 16 heavy (non-hydrogen) atoms. The van der Waals surface area contributed by atoms with Crippen molar-refractivity contribution < 1.29 is 4.74 Å². The zero-order valence-electron chi connectivity index (χ0n) is 9.20. The zero-order chi connectivity index (χ0) is 11.5. The maximum atomic E-state index is 5.78. The Hall–Kier alpha value is -1.35. The third-order valence-corrected chi connectivity index (χ3v) is 2.75. The molecule has 1 aromatic carbocycles. The van der Waals surface area contributed by atoms with Gasteiger partial charge in [0.15, 0.2) is 0 Å². The van der Waals surface area contributed by atoms with E-state index in [9.17, 15) is 0 Å². The molecule has 0 N–H and O–H groups in total. The summed E-state index contributed by atoms with van der Waals surface area (Å²) in [5.74, 6) is 1.63. The van der Waals surface area contributed by atoms with Gasteiger partial charge in [-0.05, 0) is 53.0 Å². The maximum absolute atomic E-state index is 5.78. The molecule has 0 unspecified atom stereocenters. The van der Waals surface area contributed by atoms with Gasteiger partial charge in [-0.15, -0.1) is 0 Å². The topological polar surface area (TPSA) is 22.1 Å². The van der Waals surface area contributed by atoms with Gasteiger partial charge in [-0.2, -0.15) is 0 Å². The Kier molecular flexibility index (Phi) is 3.25. The van der Waals surface area contributed by atoms with Gasteiger partial charge in [0.05, 0.1) is 4.47 Å². The molecular formula is C13H12BrNO. The Labute approximate surface area is 103 Å². The monoisotopic (exact) mass is 277 g/mol. The van der Waals surface area contributed by atoms with E-state index in [1.807, 2.05) is 18.2 Å². The highest BCUT2D eigenvalue weighted by molar-refractivity contribution is 9.10. The second-order valence-electron chi connectivity index (χ2n) is 3.73. The van der Waals surface area contributed by atoms with Crippen molar-refractivity contribution in [3.05, 3.63) is 52.3 Å². The van der Waals surface area contributed by atoms with Crippen molar-refractivity contribution in [2.75, 3.05) is 0 Å². The molecule has 0 aliphatic heterocycles. The average molecular weight is 278 g/mol. The molecule has 0 spiro atoms. The van der Waals surface area contributed by atoms with Gasteiger partial charge in [0, 0.05) is 18.5 Å². The first-order valence-corrected chi connectivity index (χ1v) is 5.80. The minimum atomic E-state index is 0.778. The number of aryl methyl sites for hydroxylation is 2. The van der Waals surface area contributed by atoms with Crippen molar-refractivity contribution >= 4 is 15.9 Å². The molecule has 0 atom stereocenters. The standard InChI is InChI=1S/C13H12BrNO/c1-9-5-10(2)7-11(6-9)16-13-3-4-15-8-12(13)14/h3-8H,1-2H3.